The maximum atomic E-state index is 13.4. The first kappa shape index (κ1) is 66.9. The second-order valence-electron chi connectivity index (χ2n) is 34.1. The number of aliphatic hydroxyl groups excluding tert-OH is 1. The Labute approximate surface area is 520 Å². The summed E-state index contributed by atoms with van der Waals surface area (Å²) in [4.78, 5) is 31.5. The van der Waals surface area contributed by atoms with Crippen molar-refractivity contribution in [1.82, 2.24) is 5.23 Å². The van der Waals surface area contributed by atoms with Crippen LogP contribution in [0.3, 0.4) is 0 Å². The first-order valence-electron chi connectivity index (χ1n) is 35.1. The lowest BCUT2D eigenvalue weighted by Gasteiger charge is -2.72. The molecule has 3 aliphatic heterocycles. The Hall–Kier alpha value is -2.00. The number of nitrogens with zero attached hydrogens (tertiary/aromatic N) is 1. The van der Waals surface area contributed by atoms with Gasteiger partial charge in [0, 0.05) is 30.7 Å². The predicted octanol–water partition coefficient (Wildman–Crippen LogP) is 16.2. The summed E-state index contributed by atoms with van der Waals surface area (Å²) in [5.41, 5.74) is 5.53. The number of carbonyl (C=O) groups excluding carboxylic acids is 2. The molecule has 21 atom stereocenters. The van der Waals surface area contributed by atoms with Gasteiger partial charge in [0.2, 0.25) is 0 Å². The number of ketones is 1. The topological polar surface area (TPSA) is 170 Å². The number of nitrogens with two attached hydrogens (primary N) is 1. The molecule has 11 fully saturated rings. The lowest BCUT2D eigenvalue weighted by molar-refractivity contribution is -0.308. The van der Waals surface area contributed by atoms with Crippen molar-refractivity contribution >= 4 is 12.1 Å². The highest BCUT2D eigenvalue weighted by Crippen LogP contribution is 2.80. The number of carbonyl (C=O) groups is 2. The normalized spacial score (nSPS) is 48.5. The molecule has 2 saturated heterocycles. The highest BCUT2D eigenvalue weighted by Gasteiger charge is 2.74. The van der Waals surface area contributed by atoms with Crippen LogP contribution < -0.4 is 5.90 Å². The molecule has 0 bridgehead atoms. The fourth-order valence-corrected chi connectivity index (χ4v) is 26.0. The summed E-state index contributed by atoms with van der Waals surface area (Å²) in [6.07, 6.45) is 29.9. The molecule has 13 aliphatic rings. The van der Waals surface area contributed by atoms with Crippen molar-refractivity contribution in [3.8, 4) is 0 Å². The van der Waals surface area contributed by atoms with E-state index < -0.39 is 11.3 Å². The lowest BCUT2D eigenvalue weighted by Crippen LogP contribution is -2.67. The number of aldehydes is 1. The molecule has 12 heteroatoms. The maximum absolute atomic E-state index is 13.4. The molecule has 3 heterocycles. The van der Waals surface area contributed by atoms with Gasteiger partial charge < -0.3 is 38.9 Å². The number of rotatable bonds is 9. The van der Waals surface area contributed by atoms with E-state index in [2.05, 4.69) is 102 Å². The third-order valence-electron chi connectivity index (χ3n) is 30.0. The van der Waals surface area contributed by atoms with Crippen LogP contribution in [0.25, 0.3) is 0 Å². The Morgan fingerprint density at radius 2 is 1.06 bits per heavy atom. The van der Waals surface area contributed by atoms with Gasteiger partial charge in [0.1, 0.15) is 17.8 Å². The Morgan fingerprint density at radius 3 is 1.49 bits per heavy atom. The molecule has 0 amide bonds. The largest absolute Gasteiger partial charge is 0.397 e. The molecule has 0 spiro atoms. The van der Waals surface area contributed by atoms with Crippen LogP contribution in [0.4, 0.5) is 0 Å². The number of hydroxylamine groups is 2. The van der Waals surface area contributed by atoms with Crippen LogP contribution in [0.2, 0.25) is 0 Å². The van der Waals surface area contributed by atoms with E-state index in [4.69, 9.17) is 34.1 Å². The zero-order valence-electron chi connectivity index (χ0n) is 56.4. The smallest absolute Gasteiger partial charge is 0.157 e. The second kappa shape index (κ2) is 24.5. The standard InChI is InChI=1S/C36H57NO4.C36H56O4.C2H6O.H3NO/c1-23(2)25-13-16-36(22-40-29-10-8-9-19-39-29)18-17-34(6)26(30(25)36)11-12-28-33(5)20-24-21-37(38)41-31(24)32(3,4)27(33)14-15-35(28,34)7;1-23(2)25-13-16-36(22-40-29-10-8-9-19-39-29)18-17-34(6)26(30(25)36)11-12-28-33(5)20-24(21-37)31(38)32(3,4)27(33)14-15-35(28,34)7;1-2-3;1-2/h25-30,38H,1,8-22H2,2-7H3;21,24-30H,1,8-20,22H2,2-7H3;3H,2H2,1H3;2H,1H2/t25-,26+,27-,28+,29?,30+,33-,34+,35+,36+;24?,25-,26+,27-,28+,29?,30+,33-,34+,35+,36+;;/m00../s1. The van der Waals surface area contributed by atoms with Crippen LogP contribution in [0.1, 0.15) is 244 Å². The van der Waals surface area contributed by atoms with Gasteiger partial charge in [-0.1, -0.05) is 93.5 Å². The summed E-state index contributed by atoms with van der Waals surface area (Å²) < 4.78 is 25.4. The van der Waals surface area contributed by atoms with Crippen molar-refractivity contribution in [3.05, 3.63) is 35.6 Å². The molecule has 12 nitrogen and oxygen atoms in total. The van der Waals surface area contributed by atoms with Crippen LogP contribution in [0.15, 0.2) is 35.6 Å². The number of ether oxygens (including phenoxy) is 4. The first-order valence-corrected chi connectivity index (χ1v) is 35.1. The van der Waals surface area contributed by atoms with Gasteiger partial charge in [-0.25, -0.2) is 5.90 Å². The summed E-state index contributed by atoms with van der Waals surface area (Å²) in [5.74, 6) is 10.4. The summed E-state index contributed by atoms with van der Waals surface area (Å²) in [6.45, 7) is 44.5. The van der Waals surface area contributed by atoms with Crippen molar-refractivity contribution in [2.45, 2.75) is 257 Å². The molecule has 0 aromatic rings. The molecule has 0 aromatic heterocycles. The third-order valence-corrected chi connectivity index (χ3v) is 30.0. The highest BCUT2D eigenvalue weighted by atomic mass is 16.9. The monoisotopic (exact) mass is 1200 g/mol. The average molecular weight is 1200 g/mol. The van der Waals surface area contributed by atoms with Gasteiger partial charge in [-0.3, -0.25) is 10.0 Å². The molecule has 9 saturated carbocycles. The molecular weight excluding hydrogens is 1080 g/mol. The summed E-state index contributed by atoms with van der Waals surface area (Å²) >= 11 is 0. The van der Waals surface area contributed by atoms with E-state index in [0.717, 1.165) is 88.1 Å². The van der Waals surface area contributed by atoms with Gasteiger partial charge in [0.05, 0.1) is 25.7 Å². The molecule has 488 valence electrons. The summed E-state index contributed by atoms with van der Waals surface area (Å²) in [5, 5.41) is 25.5. The van der Waals surface area contributed by atoms with Gasteiger partial charge in [-0.2, -0.15) is 0 Å². The minimum atomic E-state index is -0.440. The molecule has 0 aromatic carbocycles. The molecule has 3 unspecified atom stereocenters. The number of Topliss-reactive ketones (excluding diaryl/α,β-unsaturated/α-hetero) is 1. The fraction of sp³-hybridized carbons (Fsp3) is 0.892. The van der Waals surface area contributed by atoms with E-state index in [1.807, 2.05) is 0 Å². The molecule has 10 aliphatic carbocycles. The van der Waals surface area contributed by atoms with Crippen LogP contribution in [-0.2, 0) is 33.4 Å². The zero-order chi connectivity index (χ0) is 62.4. The third kappa shape index (κ3) is 10.3. The van der Waals surface area contributed by atoms with E-state index in [-0.39, 0.29) is 62.9 Å². The molecule has 0 radical (unpaired) electrons. The Morgan fingerprint density at radius 1 is 0.605 bits per heavy atom. The van der Waals surface area contributed by atoms with E-state index in [9.17, 15) is 14.8 Å². The number of fused-ring (bicyclic) bond motifs is 14. The molecule has 5 N–H and O–H groups in total. The molecular formula is C74H122N2O10. The fourth-order valence-electron chi connectivity index (χ4n) is 26.0. The van der Waals surface area contributed by atoms with Crippen LogP contribution in [0, 0.1) is 119 Å². The van der Waals surface area contributed by atoms with Crippen molar-refractivity contribution in [3.63, 3.8) is 0 Å². The highest BCUT2D eigenvalue weighted by molar-refractivity contribution is 5.98. The van der Waals surface area contributed by atoms with Crippen molar-refractivity contribution in [2.24, 2.45) is 125 Å². The summed E-state index contributed by atoms with van der Waals surface area (Å²) in [7, 11) is 0. The SMILES string of the molecule is C=C(C)[C@@H]1CC[C@]2(COC3CCCCO3)CC[C@]3(C)[C@H](CC[C@@H]4[C@@]5(C)CC(C=O)C(=O)C(C)(C)[C@@H]5CC[C@]43C)[C@@H]12.C=C(C)[C@@H]1CC[C@]2(COC3CCCCO3)CC[C@]3(C)[C@H](CC[C@@H]4[C@@]5(C)CC6=C(ON(O)C6)C(C)(C)[C@@H]5CC[C@]43C)[C@@H]12.CCO.NO. The molecule has 86 heavy (non-hydrogen) atoms. The zero-order valence-corrected chi connectivity index (χ0v) is 56.4. The van der Waals surface area contributed by atoms with Gasteiger partial charge in [0.15, 0.2) is 12.6 Å². The lowest BCUT2D eigenvalue weighted by atomic mass is 9.32. The Kier molecular flexibility index (Phi) is 19.0. The van der Waals surface area contributed by atoms with Crippen LogP contribution in [0.5, 0.6) is 0 Å². The first-order chi connectivity index (χ1) is 40.6. The van der Waals surface area contributed by atoms with Gasteiger partial charge in [-0.05, 0) is 288 Å². The van der Waals surface area contributed by atoms with Gasteiger partial charge >= 0.3 is 0 Å². The number of allylic oxidation sites excluding steroid dienone is 3. The maximum Gasteiger partial charge on any atom is 0.157 e. The minimum absolute atomic E-state index is 0.00251. The number of aliphatic hydroxyl groups is 1. The van der Waals surface area contributed by atoms with Crippen molar-refractivity contribution in [1.29, 1.82) is 0 Å². The van der Waals surface area contributed by atoms with E-state index in [0.29, 0.717) is 70.6 Å². The van der Waals surface area contributed by atoms with Crippen molar-refractivity contribution in [2.75, 3.05) is 39.6 Å². The Balaban J connectivity index is 0.000000178. The van der Waals surface area contributed by atoms with Gasteiger partial charge in [-0.15, -0.1) is 0 Å². The van der Waals surface area contributed by atoms with Crippen molar-refractivity contribution < 1.29 is 48.9 Å². The van der Waals surface area contributed by atoms with E-state index in [1.54, 1.807) is 6.92 Å². The van der Waals surface area contributed by atoms with E-state index in [1.165, 1.54) is 132 Å². The minimum Gasteiger partial charge on any atom is -0.397 e. The van der Waals surface area contributed by atoms with Crippen LogP contribution >= 0.6 is 0 Å². The second-order valence-corrected chi connectivity index (χ2v) is 34.1. The predicted molar refractivity (Wildman–Crippen MR) is 338 cm³/mol. The van der Waals surface area contributed by atoms with Crippen LogP contribution in [-0.4, -0.2) is 85.0 Å². The number of hydrogen-bond acceptors (Lipinski definition) is 12. The Bertz CT molecular complexity index is 2520. The van der Waals surface area contributed by atoms with E-state index >= 15 is 0 Å². The quantitative estimate of drug-likeness (QED) is 0.0747. The average Bonchev–Trinajstić information content (AvgIpc) is 0.978. The summed E-state index contributed by atoms with van der Waals surface area (Å²) in [6, 6.07) is 0. The molecule has 13 rings (SSSR count). The number of hydrogen-bond donors (Lipinski definition) is 4. The van der Waals surface area contributed by atoms with Gasteiger partial charge in [0.25, 0.3) is 0 Å².